The van der Waals surface area contributed by atoms with Crippen LogP contribution in [0.4, 0.5) is 0 Å². The van der Waals surface area contributed by atoms with Crippen LogP contribution < -0.4 is 81.0 Å². The SMILES string of the molecule is CC[C@H](C)[C@H](NC(=O)[C@@H](NC(=O)[C@H](Cc1c[nH]c2ccccc12)NC(=O)CC1CCC(NC(=O)CN2CCN(CC(=O)O)CCN(CC(=O)O)CCN(CC(=O)O)CC2)CC1)[C@@H](C)O)C(=O)N[C@H]1CSSC[C@@H](C(=O)N[C@@H](Cc2c[nH]c3ccccc23)C(=O)N2CCC[C@H]2C(N)=O)NC(=O)[C@H](CC(=O)O)NC(=O)[C@H](Cc2cnc[nH]2)NC(=O)[C@H](Cc2c[nH]c3ccccc23)NC(=O)[C@H](CC(N)=O)NC(=O)[C@H](CC(N)=O)NC1=O. The molecule has 27 N–H and O–H groups in total. The molecule has 148 heavy (non-hydrogen) atoms. The average molecular weight is 2100 g/mol. The lowest BCUT2D eigenvalue weighted by Crippen LogP contribution is -2.63. The van der Waals surface area contributed by atoms with E-state index in [1.807, 2.05) is 0 Å². The van der Waals surface area contributed by atoms with E-state index >= 15 is 43.2 Å². The van der Waals surface area contributed by atoms with Gasteiger partial charge in [-0.15, -0.1) is 0 Å². The summed E-state index contributed by atoms with van der Waals surface area (Å²) < 4.78 is 0. The second-order valence-corrected chi connectivity index (χ2v) is 40.1. The Morgan fingerprint density at radius 2 is 0.905 bits per heavy atom. The van der Waals surface area contributed by atoms with E-state index in [-0.39, 0.29) is 141 Å². The number of carbonyl (C=O) groups is 20. The highest BCUT2D eigenvalue weighted by Gasteiger charge is 2.44. The number of aromatic nitrogens is 5. The van der Waals surface area contributed by atoms with Crippen LogP contribution in [0.5, 0.6) is 0 Å². The predicted octanol–water partition coefficient (Wildman–Crippen LogP) is -4.48. The first-order valence-electron chi connectivity index (χ1n) is 48.7. The Bertz CT molecular complexity index is 5900. The van der Waals surface area contributed by atoms with E-state index in [1.54, 1.807) is 112 Å². The maximum Gasteiger partial charge on any atom is 0.317 e. The largest absolute Gasteiger partial charge is 0.481 e. The van der Waals surface area contributed by atoms with Crippen LogP contribution in [-0.2, 0) is 122 Å². The summed E-state index contributed by atoms with van der Waals surface area (Å²) in [6.07, 6.45) is 2.93. The van der Waals surface area contributed by atoms with E-state index in [0.717, 1.165) is 6.92 Å². The molecule has 11 rings (SSSR count). The Hall–Kier alpha value is -14.6. The number of carbonyl (C=O) groups excluding carboxylic acids is 16. The number of fused-ring (bicyclic) bond motifs is 3. The Labute approximate surface area is 856 Å². The van der Waals surface area contributed by atoms with Gasteiger partial charge in [0.2, 0.25) is 94.5 Å². The molecule has 4 aromatic heterocycles. The number of aliphatic carboxylic acids is 4. The number of aliphatic hydroxyl groups is 1. The number of hydrogen-bond acceptors (Lipinski definition) is 28. The van der Waals surface area contributed by atoms with Crippen LogP contribution in [0.25, 0.3) is 32.7 Å². The number of rotatable bonds is 39. The summed E-state index contributed by atoms with van der Waals surface area (Å²) >= 11 is 0. The molecule has 3 aliphatic heterocycles. The molecule has 4 aliphatic rings. The Morgan fingerprint density at radius 3 is 1.39 bits per heavy atom. The van der Waals surface area contributed by atoms with E-state index in [1.165, 1.54) is 30.5 Å². The topological polar surface area (TPSA) is 757 Å². The second kappa shape index (κ2) is 54.7. The number of likely N-dealkylation sites (tertiary alicyclic amines) is 1. The lowest BCUT2D eigenvalue weighted by atomic mass is 9.84. The van der Waals surface area contributed by atoms with Gasteiger partial charge < -0.3 is 131 Å². The number of nitrogens with one attached hydrogen (secondary N) is 16. The molecule has 16 amide bonds. The highest BCUT2D eigenvalue weighted by Crippen LogP contribution is 2.31. The molecule has 4 fully saturated rings. The lowest BCUT2D eigenvalue weighted by Gasteiger charge is -2.33. The minimum absolute atomic E-state index is 0.0204. The Balaban J connectivity index is 0.859. The summed E-state index contributed by atoms with van der Waals surface area (Å²) in [5.41, 5.74) is 20.8. The molecule has 0 spiro atoms. The summed E-state index contributed by atoms with van der Waals surface area (Å²) in [7, 11) is 1.38. The van der Waals surface area contributed by atoms with E-state index < -0.39 is 241 Å². The van der Waals surface area contributed by atoms with Crippen molar-refractivity contribution in [3.8, 4) is 0 Å². The van der Waals surface area contributed by atoms with Gasteiger partial charge >= 0.3 is 23.9 Å². The number of nitrogens with two attached hydrogens (primary N) is 3. The number of aromatic amines is 4. The van der Waals surface area contributed by atoms with Gasteiger partial charge in [-0.05, 0) is 92.2 Å². The number of amides is 16. The van der Waals surface area contributed by atoms with Gasteiger partial charge in [0.1, 0.15) is 72.5 Å². The summed E-state index contributed by atoms with van der Waals surface area (Å²) in [5, 5.41) is 84.1. The minimum atomic E-state index is -2.14. The van der Waals surface area contributed by atoms with Crippen molar-refractivity contribution in [1.82, 2.24) is 113 Å². The predicted molar refractivity (Wildman–Crippen MR) is 537 cm³/mol. The van der Waals surface area contributed by atoms with Crippen LogP contribution >= 0.6 is 21.6 Å². The first-order valence-corrected chi connectivity index (χ1v) is 51.2. The fourth-order valence-corrected chi connectivity index (χ4v) is 20.7. The van der Waals surface area contributed by atoms with Crippen molar-refractivity contribution in [3.63, 3.8) is 0 Å². The molecule has 3 aromatic carbocycles. The van der Waals surface area contributed by atoms with Crippen molar-refractivity contribution in [2.45, 2.75) is 202 Å². The van der Waals surface area contributed by atoms with Gasteiger partial charge in [-0.1, -0.05) is 96.5 Å². The first kappa shape index (κ1) is 114. The third-order valence-electron chi connectivity index (χ3n) is 26.5. The summed E-state index contributed by atoms with van der Waals surface area (Å²) in [5.74, 6) is -24.8. The summed E-state index contributed by atoms with van der Waals surface area (Å²) in [4.78, 5) is 307. The van der Waals surface area contributed by atoms with Crippen LogP contribution in [0.2, 0.25) is 0 Å². The van der Waals surface area contributed by atoms with Crippen molar-refractivity contribution in [1.29, 1.82) is 0 Å². The van der Waals surface area contributed by atoms with Gasteiger partial charge in [0.15, 0.2) is 0 Å². The number of benzene rings is 3. The molecular weight excluding hydrogens is 1970 g/mol. The van der Waals surface area contributed by atoms with Crippen LogP contribution in [0.15, 0.2) is 104 Å². The average Bonchev–Trinajstić information content (AvgIpc) is 1.65. The second-order valence-electron chi connectivity index (χ2n) is 37.6. The number of imidazole rings is 1. The molecule has 14 atom stereocenters. The van der Waals surface area contributed by atoms with Gasteiger partial charge in [-0.3, -0.25) is 115 Å². The molecule has 7 heterocycles. The quantitative estimate of drug-likeness (QED) is 0.0162. The van der Waals surface area contributed by atoms with Crippen molar-refractivity contribution in [2.24, 2.45) is 29.0 Å². The molecule has 0 radical (unpaired) electrons. The zero-order valence-electron chi connectivity index (χ0n) is 81.9. The first-order chi connectivity index (χ1) is 70.6. The minimum Gasteiger partial charge on any atom is -0.481 e. The van der Waals surface area contributed by atoms with Crippen molar-refractivity contribution in [2.75, 3.05) is 96.6 Å². The fraction of sp³-hybridized carbons (Fsp3) is 0.510. The number of para-hydroxylation sites is 3. The van der Waals surface area contributed by atoms with Gasteiger partial charge in [0.25, 0.3) is 0 Å². The molecule has 800 valence electrons. The van der Waals surface area contributed by atoms with E-state index in [0.29, 0.717) is 103 Å². The number of primary amides is 3. The van der Waals surface area contributed by atoms with Crippen molar-refractivity contribution >= 4 is 173 Å². The van der Waals surface area contributed by atoms with Crippen molar-refractivity contribution in [3.05, 3.63) is 126 Å². The number of H-pyrrole nitrogens is 4. The smallest absolute Gasteiger partial charge is 0.317 e. The standard InChI is InChI=1S/C96H129N25O25S2/c1-4-51(2)83(115-95(145)84(52(3)122)116-91(141)65(33-54-40-101-62-15-8-5-12-59(54)62)106-77(125)32-53-19-21-57(22-20-53)105-78(126)44-117-24-26-118(45-80(129)130)28-30-120(47-82(133)134)31-29-119(27-25-117)46-81(131)132)94(144)114-73-49-148-147-48-72(93(143)112-71(96(146)121-23-11-18-74(121)85(99)135)35-56-42-103-64-17-10-7-14-61(56)64)113-90(140)70(39-79(127)128)111-87(137)67(36-58-43-100-50-104-58)108-86(136)66(34-55-41-102-63-16-9-6-13-60(55)63)107-88(138)68(37-75(97)123)109-89(139)69(38-76(98)124)110-92(73)142/h5-10,12-17,40-43,50-53,57,65-74,83-84,101-103,122H,4,11,18-39,44-49H2,1-3H3,(H2,97,123)(H2,98,124)(H2,99,135)(H,100,104)(H,105,126)(H,106,125)(H,107,138)(H,108,136)(H,109,139)(H,110,142)(H,111,137)(H,112,143)(H,113,140)(H,114,144)(H,115,145)(H,116,141)(H,127,128)(H,129,130)(H,131,132)(H,133,134)/t51-,52+,53?,57?,65-,66-,67-,68-,69-,70-,71-,72-,73-,74-,83-,84-/m0/s1. The molecule has 1 aliphatic carbocycles. The van der Waals surface area contributed by atoms with Crippen molar-refractivity contribution < 1.29 is 121 Å². The number of carboxylic acid groups (broad SMARTS) is 4. The number of aliphatic hydroxyl groups excluding tert-OH is 1. The zero-order valence-corrected chi connectivity index (χ0v) is 83.5. The highest BCUT2D eigenvalue weighted by molar-refractivity contribution is 8.76. The number of hydrogen-bond donors (Lipinski definition) is 24. The van der Waals surface area contributed by atoms with E-state index in [4.69, 9.17) is 17.2 Å². The molecule has 0 unspecified atom stereocenters. The monoisotopic (exact) mass is 2100 g/mol. The molecule has 3 saturated heterocycles. The van der Waals surface area contributed by atoms with Crippen LogP contribution in [-0.4, -0.2) is 375 Å². The summed E-state index contributed by atoms with van der Waals surface area (Å²) in [6, 6.07) is -1.25. The highest BCUT2D eigenvalue weighted by atomic mass is 33.1. The molecule has 0 bridgehead atoms. The Morgan fingerprint density at radius 1 is 0.453 bits per heavy atom. The molecule has 7 aromatic rings. The number of carboxylic acids is 4. The normalized spacial score (nSPS) is 22.3. The van der Waals surface area contributed by atoms with Gasteiger partial charge in [-0.2, -0.15) is 0 Å². The molecular formula is C96H129N25O25S2. The van der Waals surface area contributed by atoms with Crippen LogP contribution in [0.3, 0.4) is 0 Å². The molecule has 50 nitrogen and oxygen atoms in total. The Kier molecular flexibility index (Phi) is 42.0. The lowest BCUT2D eigenvalue weighted by molar-refractivity contribution is -0.142. The van der Waals surface area contributed by atoms with E-state index in [9.17, 15) is 78.3 Å². The third kappa shape index (κ3) is 33.7. The number of nitrogens with zero attached hydrogens (tertiary/aromatic N) is 6. The summed E-state index contributed by atoms with van der Waals surface area (Å²) in [6.45, 7) is 4.62. The molecule has 52 heteroatoms. The van der Waals surface area contributed by atoms with E-state index in [2.05, 4.69) is 88.7 Å². The zero-order chi connectivity index (χ0) is 107. The third-order valence-corrected chi connectivity index (χ3v) is 28.9. The van der Waals surface area contributed by atoms with Gasteiger partial charge in [0.05, 0.1) is 57.9 Å². The van der Waals surface area contributed by atoms with Crippen LogP contribution in [0, 0.1) is 11.8 Å². The molecule has 1 saturated carbocycles. The van der Waals surface area contributed by atoms with Gasteiger partial charge in [-0.25, -0.2) is 4.98 Å². The van der Waals surface area contributed by atoms with Gasteiger partial charge in [0, 0.05) is 172 Å². The maximum atomic E-state index is 15.5. The maximum absolute atomic E-state index is 15.5. The van der Waals surface area contributed by atoms with Crippen LogP contribution in [0.1, 0.15) is 114 Å². The fourth-order valence-electron chi connectivity index (χ4n) is 18.4.